The van der Waals surface area contributed by atoms with Crippen LogP contribution in [-0.2, 0) is 10.8 Å². The van der Waals surface area contributed by atoms with Gasteiger partial charge in [-0.25, -0.2) is 29.9 Å². The molecule has 0 bridgehead atoms. The maximum atomic E-state index is 5.64. The van der Waals surface area contributed by atoms with Crippen molar-refractivity contribution in [2.24, 2.45) is 0 Å². The molecule has 0 N–H and O–H groups in total. The molecule has 12 aromatic carbocycles. The third-order valence-electron chi connectivity index (χ3n) is 19.0. The van der Waals surface area contributed by atoms with Crippen molar-refractivity contribution >= 4 is 79.0 Å². The maximum Gasteiger partial charge on any atom is 0.252 e. The quantitative estimate of drug-likeness (QED) is 0.125. The molecule has 0 amide bonds. The van der Waals surface area contributed by atoms with Gasteiger partial charge in [0.1, 0.15) is 0 Å². The molecule has 0 aliphatic carbocycles. The molecule has 0 unspecified atom stereocenters. The summed E-state index contributed by atoms with van der Waals surface area (Å²) in [6.45, 7) is 13.7. The molecule has 5 heterocycles. The lowest BCUT2D eigenvalue weighted by Crippen LogP contribution is -2.61. The van der Waals surface area contributed by atoms with E-state index in [1.165, 1.54) is 49.7 Å². The van der Waals surface area contributed by atoms with E-state index in [2.05, 4.69) is 268 Å². The Morgan fingerprint density at radius 2 is 0.646 bits per heavy atom. The highest BCUT2D eigenvalue weighted by atomic mass is 15.2. The minimum atomic E-state index is -0.0838. The predicted octanol–water partition coefficient (Wildman–Crippen LogP) is 19.5. The predicted molar refractivity (Wildman–Crippen MR) is 397 cm³/mol. The van der Waals surface area contributed by atoms with Gasteiger partial charge in [0, 0.05) is 78.3 Å². The number of para-hydroxylation sites is 3. The monoisotopic (exact) mass is 1240 g/mol. The Bertz CT molecular complexity index is 5390. The fourth-order valence-corrected chi connectivity index (χ4v) is 14.2. The zero-order chi connectivity index (χ0) is 64.8. The fraction of sp³-hybridized carbons (Fsp3) is 0.0930. The van der Waals surface area contributed by atoms with Crippen molar-refractivity contribution < 1.29 is 0 Å². The van der Waals surface area contributed by atoms with Crippen molar-refractivity contribution in [2.75, 3.05) is 9.80 Å². The number of hydrogen-bond donors (Lipinski definition) is 0. The molecule has 0 fully saturated rings. The first kappa shape index (κ1) is 58.0. The fourth-order valence-electron chi connectivity index (χ4n) is 14.2. The van der Waals surface area contributed by atoms with Gasteiger partial charge in [0.2, 0.25) is 0 Å². The molecule has 2 aliphatic rings. The van der Waals surface area contributed by atoms with Crippen LogP contribution in [0.15, 0.2) is 291 Å². The highest BCUT2D eigenvalue weighted by Gasteiger charge is 2.43. The number of aromatic nitrogens is 7. The first-order valence-corrected chi connectivity index (χ1v) is 33.0. The molecule has 9 nitrogen and oxygen atoms in total. The van der Waals surface area contributed by atoms with Crippen LogP contribution in [0.3, 0.4) is 0 Å². The van der Waals surface area contributed by atoms with Crippen LogP contribution in [0.1, 0.15) is 52.7 Å². The van der Waals surface area contributed by atoms with Crippen LogP contribution in [0.2, 0.25) is 0 Å². The summed E-state index contributed by atoms with van der Waals surface area (Å²) in [4.78, 5) is 37.1. The number of nitrogens with zero attached hydrogens (tertiary/aromatic N) is 9. The topological polar surface area (TPSA) is 88.7 Å². The number of fused-ring (bicyclic) bond motifs is 7. The summed E-state index contributed by atoms with van der Waals surface area (Å²) < 4.78 is 2.39. The molecular weight excluding hydrogens is 1170 g/mol. The van der Waals surface area contributed by atoms with Gasteiger partial charge in [0.15, 0.2) is 34.9 Å². The maximum absolute atomic E-state index is 5.64. The van der Waals surface area contributed by atoms with Gasteiger partial charge in [0.05, 0.1) is 16.7 Å². The molecule has 0 saturated heterocycles. The number of anilines is 6. The average molecular weight is 1240 g/mol. The van der Waals surface area contributed by atoms with Gasteiger partial charge in [-0.15, -0.1) is 0 Å². The van der Waals surface area contributed by atoms with Crippen LogP contribution < -0.4 is 26.2 Å². The zero-order valence-electron chi connectivity index (χ0n) is 54.3. The van der Waals surface area contributed by atoms with Crippen LogP contribution in [0, 0.1) is 0 Å². The summed E-state index contributed by atoms with van der Waals surface area (Å²) in [5, 5.41) is 2.35. The van der Waals surface area contributed by atoms with Crippen LogP contribution in [0.25, 0.3) is 107 Å². The van der Waals surface area contributed by atoms with Crippen LogP contribution >= 0.6 is 0 Å². The van der Waals surface area contributed by atoms with E-state index >= 15 is 0 Å². The summed E-state index contributed by atoms with van der Waals surface area (Å²) in [6, 6.07) is 104. The van der Waals surface area contributed by atoms with Crippen molar-refractivity contribution in [3.8, 4) is 85.1 Å². The van der Waals surface area contributed by atoms with Gasteiger partial charge in [-0.2, -0.15) is 0 Å². The third-order valence-corrected chi connectivity index (χ3v) is 19.0. The third kappa shape index (κ3) is 10.1. The second-order valence-corrected chi connectivity index (χ2v) is 27.1. The minimum absolute atomic E-state index is 0.0403. The standard InChI is InChI=1S/C86H66BN9/c1-85(2,3)62-45-48-71-66(53-62)67-54-63(86(4,5)6)46-49-72(67)96(71)73-47-44-61(83-89-79(55-26-11-7-12-27-55)88-80(90-83)56-28-13-8-14-29-56)52-68(73)84-92-81(57-30-15-9-16-31-57)91-82(93-84)60-34-23-32-58(50-60)59-33-24-37-65(51-59)95-75-41-22-20-39-70(75)87-69-38-19-21-40-74(69)94(64-35-17-10-18-36-64)76-42-25-43-77(95)78(76)87/h7-54H,1-6H3. The summed E-state index contributed by atoms with van der Waals surface area (Å²) in [5.74, 6) is 3.25. The molecule has 15 aromatic rings. The van der Waals surface area contributed by atoms with E-state index in [0.717, 1.165) is 84.0 Å². The highest BCUT2D eigenvalue weighted by molar-refractivity contribution is 7.00. The van der Waals surface area contributed by atoms with Gasteiger partial charge in [-0.05, 0) is 147 Å². The van der Waals surface area contributed by atoms with Gasteiger partial charge in [0.25, 0.3) is 6.71 Å². The second-order valence-electron chi connectivity index (χ2n) is 27.1. The van der Waals surface area contributed by atoms with Crippen molar-refractivity contribution in [3.05, 3.63) is 302 Å². The van der Waals surface area contributed by atoms with Gasteiger partial charge in [-0.3, -0.25) is 0 Å². The molecule has 0 radical (unpaired) electrons. The highest BCUT2D eigenvalue weighted by Crippen LogP contribution is 2.46. The minimum Gasteiger partial charge on any atom is -0.311 e. The van der Waals surface area contributed by atoms with E-state index in [1.54, 1.807) is 0 Å². The van der Waals surface area contributed by atoms with Crippen molar-refractivity contribution in [2.45, 2.75) is 52.4 Å². The van der Waals surface area contributed by atoms with Crippen LogP contribution in [0.5, 0.6) is 0 Å². The van der Waals surface area contributed by atoms with E-state index in [4.69, 9.17) is 29.9 Å². The summed E-state index contributed by atoms with van der Waals surface area (Å²) in [5.41, 5.74) is 23.2. The molecule has 0 atom stereocenters. The van der Waals surface area contributed by atoms with Crippen molar-refractivity contribution in [1.29, 1.82) is 0 Å². The number of rotatable bonds is 10. The Balaban J connectivity index is 0.849. The average Bonchev–Trinajstić information content (AvgIpc) is 0.793. The molecule has 2 aliphatic heterocycles. The van der Waals surface area contributed by atoms with E-state index in [1.807, 2.05) is 78.9 Å². The van der Waals surface area contributed by atoms with E-state index < -0.39 is 0 Å². The molecule has 0 spiro atoms. The van der Waals surface area contributed by atoms with Gasteiger partial charge in [-0.1, -0.05) is 236 Å². The van der Waals surface area contributed by atoms with E-state index in [0.29, 0.717) is 34.9 Å². The molecule has 10 heteroatoms. The summed E-state index contributed by atoms with van der Waals surface area (Å²) in [7, 11) is 0. The lowest BCUT2D eigenvalue weighted by molar-refractivity contribution is 0.590. The molecule has 458 valence electrons. The Hall–Kier alpha value is -11.9. The van der Waals surface area contributed by atoms with E-state index in [9.17, 15) is 0 Å². The second kappa shape index (κ2) is 23.0. The SMILES string of the molecule is CC(C)(C)c1ccc2c(c1)c1cc(C(C)(C)C)ccc1n2-c1ccc(-c2nc(-c3ccccc3)nc(-c3ccccc3)n2)cc1-c1nc(-c2ccccc2)nc(-c2cccc(-c3cccc(N4c5ccccc5B5c6ccccc6N(c6ccccc6)c6cccc4c65)c3)c2)n1. The zero-order valence-corrected chi connectivity index (χ0v) is 54.3. The molecule has 17 rings (SSSR count). The molecule has 0 saturated carbocycles. The van der Waals surface area contributed by atoms with Crippen LogP contribution in [0.4, 0.5) is 34.1 Å². The van der Waals surface area contributed by atoms with Crippen molar-refractivity contribution in [3.63, 3.8) is 0 Å². The first-order valence-electron chi connectivity index (χ1n) is 33.0. The normalized spacial score (nSPS) is 12.6. The smallest absolute Gasteiger partial charge is 0.252 e. The molecule has 96 heavy (non-hydrogen) atoms. The number of hydrogen-bond acceptors (Lipinski definition) is 8. The Morgan fingerprint density at radius 1 is 0.271 bits per heavy atom. The summed E-state index contributed by atoms with van der Waals surface area (Å²) >= 11 is 0. The molecular formula is C86H66BN9. The van der Waals surface area contributed by atoms with Crippen molar-refractivity contribution in [1.82, 2.24) is 34.5 Å². The lowest BCUT2D eigenvalue weighted by Gasteiger charge is -2.44. The van der Waals surface area contributed by atoms with Gasteiger partial charge >= 0.3 is 0 Å². The largest absolute Gasteiger partial charge is 0.311 e. The Kier molecular flexibility index (Phi) is 13.9. The van der Waals surface area contributed by atoms with Crippen LogP contribution in [-0.4, -0.2) is 41.2 Å². The van der Waals surface area contributed by atoms with Gasteiger partial charge < -0.3 is 14.4 Å². The Morgan fingerprint density at radius 3 is 1.16 bits per heavy atom. The Labute approximate surface area is 559 Å². The summed E-state index contributed by atoms with van der Waals surface area (Å²) in [6.07, 6.45) is 0. The van der Waals surface area contributed by atoms with E-state index in [-0.39, 0.29) is 17.5 Å². The number of benzene rings is 12. The molecule has 3 aromatic heterocycles. The lowest BCUT2D eigenvalue weighted by atomic mass is 9.33. The first-order chi connectivity index (χ1) is 46.9.